The molecule has 2 amide bonds. The van der Waals surface area contributed by atoms with Crippen molar-refractivity contribution in [1.82, 2.24) is 0 Å². The number of hydrogen-bond acceptors (Lipinski definition) is 4. The fourth-order valence-electron chi connectivity index (χ4n) is 3.17. The van der Waals surface area contributed by atoms with Gasteiger partial charge in [-0.25, -0.2) is 0 Å². The van der Waals surface area contributed by atoms with Crippen LogP contribution in [0.1, 0.15) is 43.0 Å². The van der Waals surface area contributed by atoms with Crippen molar-refractivity contribution in [2.45, 2.75) is 32.6 Å². The molecule has 28 heavy (non-hydrogen) atoms. The van der Waals surface area contributed by atoms with Crippen LogP contribution in [-0.2, 0) is 4.79 Å². The summed E-state index contributed by atoms with van der Waals surface area (Å²) >= 11 is 0. The molecular formula is C22H26N2O4. The maximum atomic E-state index is 12.8. The van der Waals surface area contributed by atoms with Gasteiger partial charge in [0.15, 0.2) is 11.5 Å². The second-order valence-corrected chi connectivity index (χ2v) is 6.69. The van der Waals surface area contributed by atoms with E-state index in [1.165, 1.54) is 0 Å². The van der Waals surface area contributed by atoms with E-state index in [1.807, 2.05) is 18.2 Å². The summed E-state index contributed by atoms with van der Waals surface area (Å²) < 4.78 is 11.1. The molecule has 2 aromatic rings. The van der Waals surface area contributed by atoms with Gasteiger partial charge in [0, 0.05) is 18.5 Å². The number of ether oxygens (including phenoxy) is 2. The van der Waals surface area contributed by atoms with E-state index in [0.29, 0.717) is 42.3 Å². The minimum Gasteiger partial charge on any atom is -0.493 e. The molecule has 1 aliphatic rings. The van der Waals surface area contributed by atoms with E-state index < -0.39 is 0 Å². The number of unbranched alkanes of at least 4 members (excludes halogenated alkanes) is 1. The molecule has 0 radical (unpaired) electrons. The minimum absolute atomic E-state index is 0.0805. The molecule has 3 rings (SSSR count). The van der Waals surface area contributed by atoms with E-state index in [-0.39, 0.29) is 11.8 Å². The first kappa shape index (κ1) is 19.7. The van der Waals surface area contributed by atoms with Crippen LogP contribution in [0.4, 0.5) is 11.4 Å². The highest BCUT2D eigenvalue weighted by atomic mass is 16.5. The summed E-state index contributed by atoms with van der Waals surface area (Å²) in [7, 11) is 1.55. The van der Waals surface area contributed by atoms with Crippen molar-refractivity contribution in [3.05, 3.63) is 48.0 Å². The van der Waals surface area contributed by atoms with Gasteiger partial charge in [-0.1, -0.05) is 25.5 Å². The molecule has 0 aromatic heterocycles. The van der Waals surface area contributed by atoms with Gasteiger partial charge in [-0.15, -0.1) is 0 Å². The number of carbonyl (C=O) groups is 2. The molecule has 6 heteroatoms. The van der Waals surface area contributed by atoms with Crippen molar-refractivity contribution in [2.24, 2.45) is 0 Å². The highest BCUT2D eigenvalue weighted by molar-refractivity contribution is 6.08. The Morgan fingerprint density at radius 1 is 1.18 bits per heavy atom. The summed E-state index contributed by atoms with van der Waals surface area (Å²) in [5.74, 6) is 0.955. The number of carbonyl (C=O) groups excluding carboxylic acids is 2. The SMILES string of the molecule is CCCCOc1ccc(C(=O)Nc2ccccc2N2CCCC2=O)cc1OC. The van der Waals surface area contributed by atoms with Gasteiger partial charge >= 0.3 is 0 Å². The smallest absolute Gasteiger partial charge is 0.255 e. The van der Waals surface area contributed by atoms with Crippen LogP contribution in [0.3, 0.4) is 0 Å². The second kappa shape index (κ2) is 9.26. The Bertz CT molecular complexity index is 850. The van der Waals surface area contributed by atoms with Gasteiger partial charge in [0.25, 0.3) is 5.91 Å². The van der Waals surface area contributed by atoms with Crippen LogP contribution in [0.25, 0.3) is 0 Å². The number of nitrogens with zero attached hydrogens (tertiary/aromatic N) is 1. The normalized spacial score (nSPS) is 13.5. The topological polar surface area (TPSA) is 67.9 Å². The molecule has 6 nitrogen and oxygen atoms in total. The van der Waals surface area contributed by atoms with Crippen LogP contribution in [-0.4, -0.2) is 32.1 Å². The zero-order chi connectivity index (χ0) is 19.9. The fraction of sp³-hybridized carbons (Fsp3) is 0.364. The average molecular weight is 382 g/mol. The fourth-order valence-corrected chi connectivity index (χ4v) is 3.17. The Hall–Kier alpha value is -3.02. The van der Waals surface area contributed by atoms with Crippen LogP contribution in [0, 0.1) is 0 Å². The van der Waals surface area contributed by atoms with E-state index in [4.69, 9.17) is 9.47 Å². The van der Waals surface area contributed by atoms with Crippen LogP contribution >= 0.6 is 0 Å². The monoisotopic (exact) mass is 382 g/mol. The summed E-state index contributed by atoms with van der Waals surface area (Å²) in [6, 6.07) is 12.5. The highest BCUT2D eigenvalue weighted by Gasteiger charge is 2.24. The van der Waals surface area contributed by atoms with E-state index in [0.717, 1.165) is 24.9 Å². The summed E-state index contributed by atoms with van der Waals surface area (Å²) in [6.07, 6.45) is 3.37. The quantitative estimate of drug-likeness (QED) is 0.693. The van der Waals surface area contributed by atoms with Crippen LogP contribution in [0.5, 0.6) is 11.5 Å². The summed E-state index contributed by atoms with van der Waals surface area (Å²) in [6.45, 7) is 3.38. The number of hydrogen-bond donors (Lipinski definition) is 1. The number of rotatable bonds is 8. The summed E-state index contributed by atoms with van der Waals surface area (Å²) in [4.78, 5) is 26.6. The number of methoxy groups -OCH3 is 1. The first-order valence-corrected chi connectivity index (χ1v) is 9.65. The number of nitrogens with one attached hydrogen (secondary N) is 1. The number of benzene rings is 2. The molecule has 1 saturated heterocycles. The Labute approximate surface area is 165 Å². The van der Waals surface area contributed by atoms with Crippen molar-refractivity contribution in [1.29, 1.82) is 0 Å². The van der Waals surface area contributed by atoms with Crippen LogP contribution in [0.15, 0.2) is 42.5 Å². The molecular weight excluding hydrogens is 356 g/mol. The Morgan fingerprint density at radius 2 is 2.00 bits per heavy atom. The number of para-hydroxylation sites is 2. The predicted molar refractivity (Wildman–Crippen MR) is 109 cm³/mol. The van der Waals surface area contributed by atoms with Crippen LogP contribution in [0.2, 0.25) is 0 Å². The highest BCUT2D eigenvalue weighted by Crippen LogP contribution is 2.31. The van der Waals surface area contributed by atoms with E-state index >= 15 is 0 Å². The third-order valence-electron chi connectivity index (χ3n) is 4.70. The largest absolute Gasteiger partial charge is 0.493 e. The molecule has 1 fully saturated rings. The maximum absolute atomic E-state index is 12.8. The lowest BCUT2D eigenvalue weighted by Crippen LogP contribution is -2.25. The van der Waals surface area contributed by atoms with Crippen LogP contribution < -0.4 is 19.7 Å². The first-order chi connectivity index (χ1) is 13.6. The third kappa shape index (κ3) is 4.44. The van der Waals surface area contributed by atoms with Crippen molar-refractivity contribution in [2.75, 3.05) is 30.5 Å². The Balaban J connectivity index is 1.77. The van der Waals surface area contributed by atoms with Gasteiger partial charge in [0.1, 0.15) is 0 Å². The average Bonchev–Trinajstić information content (AvgIpc) is 3.14. The molecule has 1 N–H and O–H groups in total. The van der Waals surface area contributed by atoms with E-state index in [1.54, 1.807) is 36.3 Å². The van der Waals surface area contributed by atoms with Gasteiger partial charge in [0.05, 0.1) is 25.1 Å². The molecule has 2 aromatic carbocycles. The molecule has 0 atom stereocenters. The minimum atomic E-state index is -0.266. The molecule has 0 unspecified atom stereocenters. The molecule has 0 saturated carbocycles. The third-order valence-corrected chi connectivity index (χ3v) is 4.70. The van der Waals surface area contributed by atoms with Gasteiger partial charge in [-0.3, -0.25) is 9.59 Å². The molecule has 0 aliphatic carbocycles. The molecule has 1 heterocycles. The lowest BCUT2D eigenvalue weighted by atomic mass is 10.1. The number of anilines is 2. The van der Waals surface area contributed by atoms with Crippen molar-refractivity contribution in [3.8, 4) is 11.5 Å². The van der Waals surface area contributed by atoms with Gasteiger partial charge in [-0.05, 0) is 43.2 Å². The van der Waals surface area contributed by atoms with Crippen molar-refractivity contribution >= 4 is 23.2 Å². The lowest BCUT2D eigenvalue weighted by molar-refractivity contribution is -0.117. The zero-order valence-electron chi connectivity index (χ0n) is 16.4. The summed E-state index contributed by atoms with van der Waals surface area (Å²) in [5.41, 5.74) is 1.80. The van der Waals surface area contributed by atoms with Gasteiger partial charge in [0.2, 0.25) is 5.91 Å². The van der Waals surface area contributed by atoms with Crippen molar-refractivity contribution < 1.29 is 19.1 Å². The van der Waals surface area contributed by atoms with Crippen molar-refractivity contribution in [3.63, 3.8) is 0 Å². The molecule has 0 spiro atoms. The Morgan fingerprint density at radius 3 is 2.71 bits per heavy atom. The van der Waals surface area contributed by atoms with E-state index in [9.17, 15) is 9.59 Å². The van der Waals surface area contributed by atoms with Gasteiger partial charge in [-0.2, -0.15) is 0 Å². The number of amides is 2. The lowest BCUT2D eigenvalue weighted by Gasteiger charge is -2.20. The standard InChI is InChI=1S/C22H26N2O4/c1-3-4-14-28-19-12-11-16(15-20(19)27-2)22(26)23-17-8-5-6-9-18(17)24-13-7-10-21(24)25/h5-6,8-9,11-12,15H,3-4,7,10,13-14H2,1-2H3,(H,23,26). The molecule has 148 valence electrons. The van der Waals surface area contributed by atoms with Gasteiger partial charge < -0.3 is 19.7 Å². The molecule has 1 aliphatic heterocycles. The second-order valence-electron chi connectivity index (χ2n) is 6.69. The first-order valence-electron chi connectivity index (χ1n) is 9.65. The predicted octanol–water partition coefficient (Wildman–Crippen LogP) is 4.25. The molecule has 0 bridgehead atoms. The maximum Gasteiger partial charge on any atom is 0.255 e. The van der Waals surface area contributed by atoms with E-state index in [2.05, 4.69) is 12.2 Å². The Kier molecular flexibility index (Phi) is 6.53. The summed E-state index contributed by atoms with van der Waals surface area (Å²) in [5, 5.41) is 2.92. The zero-order valence-corrected chi connectivity index (χ0v) is 16.4.